The molecule has 2 amide bonds. The van der Waals surface area contributed by atoms with E-state index in [4.69, 9.17) is 0 Å². The van der Waals surface area contributed by atoms with E-state index in [1.54, 1.807) is 0 Å². The third kappa shape index (κ3) is 6.67. The molecule has 1 fully saturated rings. The summed E-state index contributed by atoms with van der Waals surface area (Å²) in [6, 6.07) is 7.73. The van der Waals surface area contributed by atoms with Crippen LogP contribution < -0.4 is 10.6 Å². The summed E-state index contributed by atoms with van der Waals surface area (Å²) in [7, 11) is 0. The molecule has 0 unspecified atom stereocenters. The van der Waals surface area contributed by atoms with Crippen LogP contribution in [0.3, 0.4) is 0 Å². The number of rotatable bonds is 9. The molecule has 0 spiro atoms. The van der Waals surface area contributed by atoms with Gasteiger partial charge in [0.2, 0.25) is 5.91 Å². The molecule has 0 bridgehead atoms. The second kappa shape index (κ2) is 11.3. The van der Waals surface area contributed by atoms with E-state index in [0.717, 1.165) is 24.3 Å². The lowest BCUT2D eigenvalue weighted by molar-refractivity contribution is -0.118. The van der Waals surface area contributed by atoms with Crippen molar-refractivity contribution in [2.24, 2.45) is 5.92 Å². The Bertz CT molecular complexity index is 581. The number of amides is 2. The topological polar surface area (TPSA) is 58.2 Å². The minimum atomic E-state index is -0.0515. The quantitative estimate of drug-likeness (QED) is 0.628. The summed E-state index contributed by atoms with van der Waals surface area (Å²) >= 11 is 1.44. The first-order valence-corrected chi connectivity index (χ1v) is 10.9. The van der Waals surface area contributed by atoms with E-state index in [0.29, 0.717) is 17.2 Å². The maximum absolute atomic E-state index is 12.5. The molecule has 4 nitrogen and oxygen atoms in total. The summed E-state index contributed by atoms with van der Waals surface area (Å²) in [4.78, 5) is 25.6. The van der Waals surface area contributed by atoms with Gasteiger partial charge in [-0.2, -0.15) is 0 Å². The van der Waals surface area contributed by atoms with Crippen LogP contribution in [0.1, 0.15) is 69.2 Å². The van der Waals surface area contributed by atoms with Crippen LogP contribution in [-0.2, 0) is 4.79 Å². The first kappa shape index (κ1) is 20.8. The van der Waals surface area contributed by atoms with Gasteiger partial charge in [0.15, 0.2) is 0 Å². The minimum Gasteiger partial charge on any atom is -0.355 e. The zero-order valence-electron chi connectivity index (χ0n) is 16.1. The molecular formula is C21H32N2O2S. The van der Waals surface area contributed by atoms with Gasteiger partial charge in [-0.05, 0) is 43.7 Å². The van der Waals surface area contributed by atoms with E-state index in [1.807, 2.05) is 24.3 Å². The summed E-state index contributed by atoms with van der Waals surface area (Å²) in [5.74, 6) is 0.984. The Morgan fingerprint density at radius 2 is 1.81 bits per heavy atom. The van der Waals surface area contributed by atoms with Crippen LogP contribution >= 0.6 is 11.8 Å². The number of hydrogen-bond acceptors (Lipinski definition) is 3. The maximum atomic E-state index is 12.5. The molecule has 1 aromatic rings. The molecule has 144 valence electrons. The third-order valence-corrected chi connectivity index (χ3v) is 6.20. The number of nitrogens with one attached hydrogen (secondary N) is 2. The Balaban J connectivity index is 1.84. The molecule has 1 aliphatic carbocycles. The zero-order chi connectivity index (χ0) is 18.8. The van der Waals surface area contributed by atoms with Gasteiger partial charge in [-0.3, -0.25) is 9.59 Å². The fourth-order valence-corrected chi connectivity index (χ4v) is 4.26. The number of benzene rings is 1. The Labute approximate surface area is 161 Å². The lowest BCUT2D eigenvalue weighted by Gasteiger charge is -2.21. The van der Waals surface area contributed by atoms with Crippen LogP contribution in [0.5, 0.6) is 0 Å². The van der Waals surface area contributed by atoms with E-state index in [-0.39, 0.29) is 17.9 Å². The van der Waals surface area contributed by atoms with Crippen molar-refractivity contribution in [3.8, 4) is 0 Å². The zero-order valence-corrected chi connectivity index (χ0v) is 16.9. The standard InChI is InChI=1S/C21H32N2O2S/c1-3-17(4-2)23-21(25)18-12-8-9-13-19(18)26-15-20(24)22-14-16-10-6-5-7-11-16/h8-9,12-13,16-17H,3-7,10-11,14-15H2,1-2H3,(H,22,24)(H,23,25). The third-order valence-electron chi connectivity index (χ3n) is 5.12. The predicted molar refractivity (Wildman–Crippen MR) is 109 cm³/mol. The highest BCUT2D eigenvalue weighted by Gasteiger charge is 2.17. The van der Waals surface area contributed by atoms with Gasteiger partial charge in [-0.1, -0.05) is 45.2 Å². The molecule has 5 heteroatoms. The minimum absolute atomic E-state index is 0.0515. The number of thioether (sulfide) groups is 1. The summed E-state index contributed by atoms with van der Waals surface area (Å²) in [5, 5.41) is 6.14. The Hall–Kier alpha value is -1.49. The normalized spacial score (nSPS) is 15.0. The van der Waals surface area contributed by atoms with Crippen LogP contribution in [0.15, 0.2) is 29.2 Å². The van der Waals surface area contributed by atoms with E-state index in [1.165, 1.54) is 43.9 Å². The highest BCUT2D eigenvalue weighted by atomic mass is 32.2. The predicted octanol–water partition coefficient (Wildman–Crippen LogP) is 4.39. The molecule has 0 heterocycles. The molecule has 0 atom stereocenters. The van der Waals surface area contributed by atoms with Gasteiger partial charge in [0.1, 0.15) is 0 Å². The van der Waals surface area contributed by atoms with Gasteiger partial charge >= 0.3 is 0 Å². The number of hydrogen-bond donors (Lipinski definition) is 2. The highest BCUT2D eigenvalue weighted by molar-refractivity contribution is 8.00. The highest BCUT2D eigenvalue weighted by Crippen LogP contribution is 2.24. The van der Waals surface area contributed by atoms with Gasteiger partial charge in [0, 0.05) is 17.5 Å². The van der Waals surface area contributed by atoms with Crippen molar-refractivity contribution >= 4 is 23.6 Å². The molecular weight excluding hydrogens is 344 g/mol. The van der Waals surface area contributed by atoms with E-state index < -0.39 is 0 Å². The van der Waals surface area contributed by atoms with E-state index in [9.17, 15) is 9.59 Å². The van der Waals surface area contributed by atoms with Crippen LogP contribution in [0.2, 0.25) is 0 Å². The molecule has 0 radical (unpaired) electrons. The molecule has 1 aromatic carbocycles. The first-order chi connectivity index (χ1) is 12.6. The lowest BCUT2D eigenvalue weighted by Crippen LogP contribution is -2.34. The van der Waals surface area contributed by atoms with Crippen molar-refractivity contribution in [2.45, 2.75) is 69.7 Å². The van der Waals surface area contributed by atoms with Crippen molar-refractivity contribution in [1.82, 2.24) is 10.6 Å². The fourth-order valence-electron chi connectivity index (χ4n) is 3.38. The molecule has 0 aliphatic heterocycles. The molecule has 1 saturated carbocycles. The molecule has 2 N–H and O–H groups in total. The van der Waals surface area contributed by atoms with Crippen molar-refractivity contribution in [3.05, 3.63) is 29.8 Å². The summed E-state index contributed by atoms with van der Waals surface area (Å²) in [6.07, 6.45) is 8.19. The first-order valence-electron chi connectivity index (χ1n) is 9.93. The van der Waals surface area contributed by atoms with Crippen molar-refractivity contribution in [1.29, 1.82) is 0 Å². The molecule has 1 aliphatic rings. The smallest absolute Gasteiger partial charge is 0.252 e. The van der Waals surface area contributed by atoms with Crippen LogP contribution in [0.25, 0.3) is 0 Å². The van der Waals surface area contributed by atoms with Gasteiger partial charge in [0.25, 0.3) is 5.91 Å². The SMILES string of the molecule is CCC(CC)NC(=O)c1ccccc1SCC(=O)NCC1CCCCC1. The molecule has 2 rings (SSSR count). The van der Waals surface area contributed by atoms with E-state index in [2.05, 4.69) is 24.5 Å². The molecule has 26 heavy (non-hydrogen) atoms. The van der Waals surface area contributed by atoms with Crippen LogP contribution in [-0.4, -0.2) is 30.2 Å². The van der Waals surface area contributed by atoms with E-state index >= 15 is 0 Å². The van der Waals surface area contributed by atoms with Gasteiger partial charge in [-0.15, -0.1) is 11.8 Å². The second-order valence-corrected chi connectivity index (χ2v) is 8.10. The molecule has 0 aromatic heterocycles. The number of carbonyl (C=O) groups is 2. The Morgan fingerprint density at radius 3 is 2.50 bits per heavy atom. The van der Waals surface area contributed by atoms with Gasteiger partial charge in [-0.25, -0.2) is 0 Å². The van der Waals surface area contributed by atoms with Crippen molar-refractivity contribution < 1.29 is 9.59 Å². The van der Waals surface area contributed by atoms with Gasteiger partial charge in [0.05, 0.1) is 11.3 Å². The van der Waals surface area contributed by atoms with Gasteiger partial charge < -0.3 is 10.6 Å². The summed E-state index contributed by atoms with van der Waals surface area (Å²) in [6.45, 7) is 4.94. The fraction of sp³-hybridized carbons (Fsp3) is 0.619. The summed E-state index contributed by atoms with van der Waals surface area (Å²) < 4.78 is 0. The lowest BCUT2D eigenvalue weighted by atomic mass is 9.89. The monoisotopic (exact) mass is 376 g/mol. The van der Waals surface area contributed by atoms with Crippen molar-refractivity contribution in [2.75, 3.05) is 12.3 Å². The summed E-state index contributed by atoms with van der Waals surface area (Å²) in [5.41, 5.74) is 0.657. The van der Waals surface area contributed by atoms with Crippen LogP contribution in [0, 0.1) is 5.92 Å². The maximum Gasteiger partial charge on any atom is 0.252 e. The van der Waals surface area contributed by atoms with Crippen LogP contribution in [0.4, 0.5) is 0 Å². The largest absolute Gasteiger partial charge is 0.355 e. The average molecular weight is 377 g/mol. The average Bonchev–Trinajstić information content (AvgIpc) is 2.69. The Morgan fingerprint density at radius 1 is 1.12 bits per heavy atom. The Kier molecular flexibility index (Phi) is 9.02. The molecule has 0 saturated heterocycles. The second-order valence-electron chi connectivity index (χ2n) is 7.08. The number of carbonyl (C=O) groups excluding carboxylic acids is 2. The van der Waals surface area contributed by atoms with Crippen molar-refractivity contribution in [3.63, 3.8) is 0 Å².